The highest BCUT2D eigenvalue weighted by atomic mass is 32.2. The molecule has 6 nitrogen and oxygen atoms in total. The lowest BCUT2D eigenvalue weighted by atomic mass is 9.88. The first kappa shape index (κ1) is 20.8. The van der Waals surface area contributed by atoms with Crippen LogP contribution in [-0.2, 0) is 15.1 Å². The minimum absolute atomic E-state index is 0.191. The second-order valence-electron chi connectivity index (χ2n) is 6.68. The Morgan fingerprint density at radius 3 is 2.52 bits per heavy atom. The average molecular weight is 419 g/mol. The van der Waals surface area contributed by atoms with Crippen molar-refractivity contribution in [2.24, 2.45) is 0 Å². The lowest BCUT2D eigenvalue weighted by Gasteiger charge is -2.24. The van der Waals surface area contributed by atoms with Crippen LogP contribution < -0.4 is 10.6 Å². The Morgan fingerprint density at radius 2 is 1.83 bits per heavy atom. The standard InChI is InChI=1S/C20H19F2N3O3S/c1-12-7-3-4-8-13(12)20(2)17(27)25(19(28)24-20)11-16(26)23-14-9-5-6-10-15(14)29-18(21)22/h3-10,18H,11H2,1-2H3,(H,23,26)(H,24,28). The third-order valence-corrected chi connectivity index (χ3v) is 5.43. The molecule has 1 unspecified atom stereocenters. The number of hydrogen-bond donors (Lipinski definition) is 2. The number of carbonyl (C=O) groups is 3. The van der Waals surface area contributed by atoms with Crippen LogP contribution in [0.5, 0.6) is 0 Å². The van der Waals surface area contributed by atoms with Gasteiger partial charge in [0.1, 0.15) is 12.1 Å². The molecule has 0 aliphatic carbocycles. The molecule has 2 N–H and O–H groups in total. The van der Waals surface area contributed by atoms with Gasteiger partial charge in [0.05, 0.1) is 5.69 Å². The zero-order valence-electron chi connectivity index (χ0n) is 15.7. The number of para-hydroxylation sites is 1. The van der Waals surface area contributed by atoms with Gasteiger partial charge in [-0.15, -0.1) is 0 Å². The fourth-order valence-electron chi connectivity index (χ4n) is 3.26. The lowest BCUT2D eigenvalue weighted by Crippen LogP contribution is -2.42. The smallest absolute Gasteiger partial charge is 0.324 e. The molecule has 9 heteroatoms. The Balaban J connectivity index is 1.76. The van der Waals surface area contributed by atoms with Crippen molar-refractivity contribution in [2.45, 2.75) is 30.0 Å². The van der Waals surface area contributed by atoms with Crippen LogP contribution in [-0.4, -0.2) is 35.0 Å². The number of hydrogen-bond acceptors (Lipinski definition) is 4. The summed E-state index contributed by atoms with van der Waals surface area (Å²) in [5.74, 6) is -3.86. The number of aryl methyl sites for hydroxylation is 1. The third-order valence-electron chi connectivity index (χ3n) is 4.64. The molecule has 29 heavy (non-hydrogen) atoms. The maximum absolute atomic E-state index is 13.0. The first-order chi connectivity index (χ1) is 13.7. The van der Waals surface area contributed by atoms with E-state index in [1.807, 2.05) is 19.1 Å². The van der Waals surface area contributed by atoms with Crippen LogP contribution in [0.15, 0.2) is 53.4 Å². The highest BCUT2D eigenvalue weighted by molar-refractivity contribution is 7.99. The van der Waals surface area contributed by atoms with Crippen molar-refractivity contribution in [3.05, 3.63) is 59.7 Å². The molecule has 1 fully saturated rings. The molecular formula is C20H19F2N3O3S. The summed E-state index contributed by atoms with van der Waals surface area (Å²) in [4.78, 5) is 38.8. The predicted octanol–water partition coefficient (Wildman–Crippen LogP) is 3.72. The number of alkyl halides is 2. The van der Waals surface area contributed by atoms with Gasteiger partial charge in [0.25, 0.3) is 11.7 Å². The second-order valence-corrected chi connectivity index (χ2v) is 7.72. The maximum atomic E-state index is 13.0. The van der Waals surface area contributed by atoms with E-state index in [0.717, 1.165) is 10.5 Å². The van der Waals surface area contributed by atoms with Crippen molar-refractivity contribution in [1.82, 2.24) is 10.2 Å². The first-order valence-corrected chi connectivity index (χ1v) is 9.64. The predicted molar refractivity (Wildman–Crippen MR) is 106 cm³/mol. The van der Waals surface area contributed by atoms with Crippen LogP contribution in [0.1, 0.15) is 18.1 Å². The van der Waals surface area contributed by atoms with Crippen molar-refractivity contribution < 1.29 is 23.2 Å². The topological polar surface area (TPSA) is 78.5 Å². The number of imide groups is 1. The quantitative estimate of drug-likeness (QED) is 0.553. The molecule has 3 rings (SSSR count). The van der Waals surface area contributed by atoms with Crippen LogP contribution >= 0.6 is 11.8 Å². The summed E-state index contributed by atoms with van der Waals surface area (Å²) in [6, 6.07) is 12.6. The summed E-state index contributed by atoms with van der Waals surface area (Å²) in [6.45, 7) is 2.88. The number of halogens is 2. The fraction of sp³-hybridized carbons (Fsp3) is 0.250. The number of nitrogens with zero attached hydrogens (tertiary/aromatic N) is 1. The van der Waals surface area contributed by atoms with Crippen molar-refractivity contribution in [3.8, 4) is 0 Å². The fourth-order valence-corrected chi connectivity index (χ4v) is 3.85. The Bertz CT molecular complexity index is 969. The molecule has 1 aliphatic rings. The van der Waals surface area contributed by atoms with Crippen molar-refractivity contribution >= 4 is 35.3 Å². The first-order valence-electron chi connectivity index (χ1n) is 8.76. The zero-order chi connectivity index (χ0) is 21.2. The highest BCUT2D eigenvalue weighted by Gasteiger charge is 2.50. The number of thioether (sulfide) groups is 1. The molecule has 1 heterocycles. The maximum Gasteiger partial charge on any atom is 0.325 e. The van der Waals surface area contributed by atoms with E-state index in [4.69, 9.17) is 0 Å². The molecule has 1 saturated heterocycles. The van der Waals surface area contributed by atoms with Gasteiger partial charge < -0.3 is 10.6 Å². The molecule has 1 atom stereocenters. The normalized spacial score (nSPS) is 18.9. The Hall–Kier alpha value is -2.94. The summed E-state index contributed by atoms with van der Waals surface area (Å²) in [6.07, 6.45) is 0. The summed E-state index contributed by atoms with van der Waals surface area (Å²) >= 11 is 0.302. The number of carbonyl (C=O) groups excluding carboxylic acids is 3. The van der Waals surface area contributed by atoms with Crippen LogP contribution in [0.3, 0.4) is 0 Å². The molecule has 0 saturated carbocycles. The molecule has 0 bridgehead atoms. The van der Waals surface area contributed by atoms with Crippen LogP contribution in [0.2, 0.25) is 0 Å². The summed E-state index contributed by atoms with van der Waals surface area (Å²) in [5.41, 5.74) is 0.371. The van der Waals surface area contributed by atoms with Gasteiger partial charge in [-0.05, 0) is 37.1 Å². The minimum Gasteiger partial charge on any atom is -0.324 e. The van der Waals surface area contributed by atoms with Gasteiger partial charge in [-0.25, -0.2) is 4.79 Å². The van der Waals surface area contributed by atoms with E-state index in [9.17, 15) is 23.2 Å². The minimum atomic E-state index is -2.64. The van der Waals surface area contributed by atoms with Crippen LogP contribution in [0, 0.1) is 6.92 Å². The van der Waals surface area contributed by atoms with Crippen LogP contribution in [0.25, 0.3) is 0 Å². The molecule has 0 radical (unpaired) electrons. The van der Waals surface area contributed by atoms with E-state index in [1.165, 1.54) is 12.1 Å². The number of nitrogens with one attached hydrogen (secondary N) is 2. The van der Waals surface area contributed by atoms with E-state index < -0.39 is 35.7 Å². The summed E-state index contributed by atoms with van der Waals surface area (Å²) in [7, 11) is 0. The number of amides is 4. The Morgan fingerprint density at radius 1 is 1.17 bits per heavy atom. The number of benzene rings is 2. The second kappa shape index (κ2) is 8.20. The number of rotatable bonds is 6. The van der Waals surface area contributed by atoms with Crippen molar-refractivity contribution in [3.63, 3.8) is 0 Å². The van der Waals surface area contributed by atoms with E-state index in [2.05, 4.69) is 10.6 Å². The van der Waals surface area contributed by atoms with E-state index in [0.29, 0.717) is 17.3 Å². The van der Waals surface area contributed by atoms with Gasteiger partial charge in [0.2, 0.25) is 5.91 Å². The molecule has 0 aromatic heterocycles. The Labute approximate surface area is 170 Å². The third kappa shape index (κ3) is 4.24. The summed E-state index contributed by atoms with van der Waals surface area (Å²) < 4.78 is 25.4. The Kier molecular flexibility index (Phi) is 5.88. The zero-order valence-corrected chi connectivity index (χ0v) is 16.6. The number of urea groups is 1. The molecule has 0 spiro atoms. The van der Waals surface area contributed by atoms with Gasteiger partial charge in [-0.2, -0.15) is 8.78 Å². The molecule has 1 aliphatic heterocycles. The molecular weight excluding hydrogens is 400 g/mol. The lowest BCUT2D eigenvalue weighted by molar-refractivity contribution is -0.133. The van der Waals surface area contributed by atoms with Gasteiger partial charge in [-0.3, -0.25) is 14.5 Å². The molecule has 2 aromatic carbocycles. The summed E-state index contributed by atoms with van der Waals surface area (Å²) in [5, 5.41) is 5.14. The largest absolute Gasteiger partial charge is 0.325 e. The molecule has 2 aromatic rings. The molecule has 152 valence electrons. The van der Waals surface area contributed by atoms with E-state index in [1.54, 1.807) is 31.2 Å². The van der Waals surface area contributed by atoms with Gasteiger partial charge in [0, 0.05) is 4.90 Å². The van der Waals surface area contributed by atoms with Gasteiger partial charge in [0.15, 0.2) is 0 Å². The monoisotopic (exact) mass is 419 g/mol. The highest BCUT2D eigenvalue weighted by Crippen LogP contribution is 2.33. The van der Waals surface area contributed by atoms with Crippen molar-refractivity contribution in [2.75, 3.05) is 11.9 Å². The van der Waals surface area contributed by atoms with E-state index >= 15 is 0 Å². The van der Waals surface area contributed by atoms with E-state index in [-0.39, 0.29) is 10.6 Å². The number of anilines is 1. The molecule has 4 amide bonds. The van der Waals surface area contributed by atoms with Gasteiger partial charge >= 0.3 is 6.03 Å². The SMILES string of the molecule is Cc1ccccc1C1(C)NC(=O)N(CC(=O)Nc2ccccc2SC(F)F)C1=O. The van der Waals surface area contributed by atoms with Crippen LogP contribution in [0.4, 0.5) is 19.3 Å². The average Bonchev–Trinajstić information content (AvgIpc) is 2.87. The van der Waals surface area contributed by atoms with Gasteiger partial charge in [-0.1, -0.05) is 48.2 Å². The van der Waals surface area contributed by atoms with Crippen molar-refractivity contribution in [1.29, 1.82) is 0 Å².